The molecule has 0 aliphatic carbocycles. The highest BCUT2D eigenvalue weighted by molar-refractivity contribution is 5.99. The van der Waals surface area contributed by atoms with Crippen LogP contribution in [0.25, 0.3) is 0 Å². The topological polar surface area (TPSA) is 125 Å². The van der Waals surface area contributed by atoms with E-state index in [2.05, 4.69) is 10.1 Å². The Balaban J connectivity index is 3.02. The van der Waals surface area contributed by atoms with E-state index >= 15 is 0 Å². The fraction of sp³-hybridized carbons (Fsp3) is 0.783. The number of ether oxygens (including phenoxy) is 3. The van der Waals surface area contributed by atoms with Gasteiger partial charge in [0.05, 0.1) is 6.04 Å². The number of cyclic esters (lactones) is 1. The van der Waals surface area contributed by atoms with Crippen LogP contribution in [0.4, 0.5) is 4.79 Å². The highest BCUT2D eigenvalue weighted by Crippen LogP contribution is 2.35. The lowest BCUT2D eigenvalue weighted by Crippen LogP contribution is -2.56. The van der Waals surface area contributed by atoms with Crippen molar-refractivity contribution in [2.24, 2.45) is 23.7 Å². The average molecular weight is 456 g/mol. The summed E-state index contributed by atoms with van der Waals surface area (Å²) in [6.45, 7) is 12.1. The second-order valence-electron chi connectivity index (χ2n) is 8.86. The molecule has 1 heterocycles. The lowest BCUT2D eigenvalue weighted by atomic mass is 9.77. The van der Waals surface area contributed by atoms with Crippen molar-refractivity contribution in [1.29, 1.82) is 0 Å². The maximum Gasteiger partial charge on any atom is 0.408 e. The van der Waals surface area contributed by atoms with Crippen molar-refractivity contribution < 1.29 is 38.2 Å². The van der Waals surface area contributed by atoms with Gasteiger partial charge in [0, 0.05) is 17.8 Å². The van der Waals surface area contributed by atoms with E-state index in [0.29, 0.717) is 6.42 Å². The van der Waals surface area contributed by atoms with Crippen LogP contribution in [-0.2, 0) is 33.4 Å². The third kappa shape index (κ3) is 6.29. The third-order valence-electron chi connectivity index (χ3n) is 6.31. The van der Waals surface area contributed by atoms with Gasteiger partial charge >= 0.3 is 12.1 Å². The summed E-state index contributed by atoms with van der Waals surface area (Å²) in [6, 6.07) is -0.689. The Labute approximate surface area is 189 Å². The van der Waals surface area contributed by atoms with Crippen LogP contribution in [0.1, 0.15) is 67.7 Å². The van der Waals surface area contributed by atoms with Gasteiger partial charge in [0.2, 0.25) is 0 Å². The van der Waals surface area contributed by atoms with Crippen molar-refractivity contribution >= 4 is 30.1 Å². The second kappa shape index (κ2) is 12.0. The summed E-state index contributed by atoms with van der Waals surface area (Å²) >= 11 is 0. The van der Waals surface area contributed by atoms with Crippen LogP contribution in [0.3, 0.4) is 0 Å². The van der Waals surface area contributed by atoms with Gasteiger partial charge in [-0.15, -0.1) is 0 Å². The molecule has 0 spiro atoms. The van der Waals surface area contributed by atoms with Crippen LogP contribution < -0.4 is 5.32 Å². The molecule has 1 rings (SSSR count). The quantitative estimate of drug-likeness (QED) is 0.183. The summed E-state index contributed by atoms with van der Waals surface area (Å²) in [6.07, 6.45) is 0.358. The van der Waals surface area contributed by atoms with Crippen molar-refractivity contribution in [2.45, 2.75) is 85.5 Å². The molecule has 1 fully saturated rings. The van der Waals surface area contributed by atoms with Crippen LogP contribution in [0, 0.1) is 23.7 Å². The molecule has 9 nitrogen and oxygen atoms in total. The standard InChI is InChI=1S/C23H37NO8/c1-8-10-13(3)18(26)15(5)20-23(7,32-22(29)24-20)17(9-2)31-21(28)16(6)19(27)14(4)11-30-12-25/h12-17,20H,8-11H2,1-7H3,(H,24,29)/t13-,14-,15?,16-,17-,20?,23-/m1/s1. The number of carbonyl (C=O) groups is 5. The van der Waals surface area contributed by atoms with Gasteiger partial charge in [-0.05, 0) is 26.7 Å². The maximum atomic E-state index is 12.9. The Morgan fingerprint density at radius 2 is 1.75 bits per heavy atom. The van der Waals surface area contributed by atoms with Crippen molar-refractivity contribution in [3.8, 4) is 0 Å². The molecule has 1 amide bonds. The van der Waals surface area contributed by atoms with Crippen molar-refractivity contribution in [3.63, 3.8) is 0 Å². The maximum absolute atomic E-state index is 12.9. The Kier molecular flexibility index (Phi) is 10.3. The number of ketones is 2. The van der Waals surface area contributed by atoms with E-state index in [9.17, 15) is 24.0 Å². The Bertz CT molecular complexity index is 708. The number of carbonyl (C=O) groups excluding carboxylic acids is 5. The SMILES string of the molecule is CCC[C@@H](C)C(=O)C(C)C1NC(=O)O[C@]1(C)[C@@H](CC)OC(=O)[C@H](C)C(=O)[C@H](C)COC=O. The van der Waals surface area contributed by atoms with Crippen LogP contribution >= 0.6 is 0 Å². The van der Waals surface area contributed by atoms with E-state index in [-0.39, 0.29) is 24.8 Å². The highest BCUT2D eigenvalue weighted by Gasteiger charge is 2.55. The van der Waals surface area contributed by atoms with E-state index in [1.807, 2.05) is 13.8 Å². The van der Waals surface area contributed by atoms with Gasteiger partial charge in [0.15, 0.2) is 11.4 Å². The monoisotopic (exact) mass is 455 g/mol. The molecule has 0 radical (unpaired) electrons. The first-order chi connectivity index (χ1) is 14.9. The molecule has 182 valence electrons. The second-order valence-corrected chi connectivity index (χ2v) is 8.86. The van der Waals surface area contributed by atoms with E-state index in [1.54, 1.807) is 27.7 Å². The summed E-state index contributed by atoms with van der Waals surface area (Å²) < 4.78 is 15.8. The number of alkyl carbamates (subject to hydrolysis) is 1. The molecule has 32 heavy (non-hydrogen) atoms. The predicted octanol–water partition coefficient (Wildman–Crippen LogP) is 2.83. The number of esters is 1. The van der Waals surface area contributed by atoms with Crippen LogP contribution in [0.2, 0.25) is 0 Å². The Morgan fingerprint density at radius 1 is 1.12 bits per heavy atom. The molecular formula is C23H37NO8. The van der Waals surface area contributed by atoms with Gasteiger partial charge in [0.25, 0.3) is 6.47 Å². The van der Waals surface area contributed by atoms with Crippen LogP contribution in [0.15, 0.2) is 0 Å². The average Bonchev–Trinajstić information content (AvgIpc) is 3.08. The predicted molar refractivity (Wildman–Crippen MR) is 116 cm³/mol. The molecule has 1 aliphatic rings. The zero-order chi connectivity index (χ0) is 24.6. The number of rotatable bonds is 14. The molecule has 9 heteroatoms. The zero-order valence-electron chi connectivity index (χ0n) is 20.1. The Morgan fingerprint density at radius 3 is 2.28 bits per heavy atom. The van der Waals surface area contributed by atoms with Crippen LogP contribution in [0.5, 0.6) is 0 Å². The molecule has 1 aliphatic heterocycles. The largest absolute Gasteiger partial charge is 0.467 e. The molecule has 7 atom stereocenters. The summed E-state index contributed by atoms with van der Waals surface area (Å²) in [7, 11) is 0. The third-order valence-corrected chi connectivity index (χ3v) is 6.31. The normalized spacial score (nSPS) is 24.8. The molecule has 0 aromatic rings. The van der Waals surface area contributed by atoms with E-state index < -0.39 is 53.3 Å². The fourth-order valence-electron chi connectivity index (χ4n) is 4.30. The van der Waals surface area contributed by atoms with Crippen LogP contribution in [-0.4, -0.2) is 54.5 Å². The molecule has 0 aromatic carbocycles. The van der Waals surface area contributed by atoms with Gasteiger partial charge in [-0.25, -0.2) is 4.79 Å². The van der Waals surface area contributed by atoms with Gasteiger partial charge in [-0.2, -0.15) is 0 Å². The first-order valence-corrected chi connectivity index (χ1v) is 11.3. The van der Waals surface area contributed by atoms with Gasteiger partial charge < -0.3 is 19.5 Å². The summed E-state index contributed by atoms with van der Waals surface area (Å²) in [4.78, 5) is 60.6. The number of amides is 1. The van der Waals surface area contributed by atoms with E-state index in [4.69, 9.17) is 9.47 Å². The first kappa shape index (κ1) is 27.6. The Hall–Kier alpha value is -2.45. The van der Waals surface area contributed by atoms with Gasteiger partial charge in [-0.1, -0.05) is 41.0 Å². The zero-order valence-corrected chi connectivity index (χ0v) is 20.1. The molecule has 2 unspecified atom stereocenters. The summed E-state index contributed by atoms with van der Waals surface area (Å²) in [5.41, 5.74) is -1.28. The molecule has 0 saturated carbocycles. The lowest BCUT2D eigenvalue weighted by molar-refractivity contribution is -0.170. The summed E-state index contributed by atoms with van der Waals surface area (Å²) in [5.74, 6) is -3.68. The molecule has 1 saturated heterocycles. The number of hydrogen-bond acceptors (Lipinski definition) is 8. The van der Waals surface area contributed by atoms with E-state index in [0.717, 1.165) is 12.8 Å². The van der Waals surface area contributed by atoms with Crippen molar-refractivity contribution in [1.82, 2.24) is 5.32 Å². The number of Topliss-reactive ketones (excluding diaryl/α,β-unsaturated/α-hetero) is 2. The minimum atomic E-state index is -1.28. The highest BCUT2D eigenvalue weighted by atomic mass is 16.6. The molecule has 1 N–H and O–H groups in total. The van der Waals surface area contributed by atoms with Crippen molar-refractivity contribution in [2.75, 3.05) is 6.61 Å². The minimum absolute atomic E-state index is 0.00241. The molecular weight excluding hydrogens is 418 g/mol. The summed E-state index contributed by atoms with van der Waals surface area (Å²) in [5, 5.41) is 2.71. The number of hydrogen-bond donors (Lipinski definition) is 1. The minimum Gasteiger partial charge on any atom is -0.467 e. The molecule has 0 bridgehead atoms. The number of nitrogens with one attached hydrogen (secondary N) is 1. The molecule has 0 aromatic heterocycles. The lowest BCUT2D eigenvalue weighted by Gasteiger charge is -2.38. The van der Waals surface area contributed by atoms with Crippen molar-refractivity contribution in [3.05, 3.63) is 0 Å². The smallest absolute Gasteiger partial charge is 0.408 e. The van der Waals surface area contributed by atoms with Gasteiger partial charge in [0.1, 0.15) is 24.4 Å². The van der Waals surface area contributed by atoms with Gasteiger partial charge in [-0.3, -0.25) is 19.2 Å². The van der Waals surface area contributed by atoms with E-state index in [1.165, 1.54) is 6.92 Å². The first-order valence-electron chi connectivity index (χ1n) is 11.3. The fourth-order valence-corrected chi connectivity index (χ4v) is 4.30.